The monoisotopic (exact) mass is 300 g/mol. The molecule has 0 fully saturated rings. The molecule has 1 atom stereocenters. The third-order valence-electron chi connectivity index (χ3n) is 2.00. The first-order chi connectivity index (χ1) is 8.00. The molecule has 1 aromatic carbocycles. The van der Waals surface area contributed by atoms with Crippen LogP contribution in [0.4, 0.5) is 0 Å². The van der Waals surface area contributed by atoms with Gasteiger partial charge in [-0.25, -0.2) is 0 Å². The number of benzene rings is 1. The van der Waals surface area contributed by atoms with Crippen molar-refractivity contribution in [1.82, 2.24) is 0 Å². The molecule has 1 aromatic rings. The Balaban J connectivity index is 2.85. The molecule has 92 valence electrons. The lowest BCUT2D eigenvalue weighted by Crippen LogP contribution is -2.16. The second-order valence-corrected chi connectivity index (χ2v) is 4.28. The summed E-state index contributed by atoms with van der Waals surface area (Å²) in [5, 5.41) is 0. The number of carbonyl (C=O) groups excluding carboxylic acids is 2. The van der Waals surface area contributed by atoms with Crippen molar-refractivity contribution in [3.63, 3.8) is 0 Å². The van der Waals surface area contributed by atoms with Gasteiger partial charge < -0.3 is 9.47 Å². The first kappa shape index (κ1) is 13.7. The fourth-order valence-corrected chi connectivity index (χ4v) is 1.86. The molecule has 4 nitrogen and oxygen atoms in total. The molecule has 5 heteroatoms. The Morgan fingerprint density at radius 1 is 1.24 bits per heavy atom. The molecule has 0 aromatic heterocycles. The molecule has 0 spiro atoms. The molecular weight excluding hydrogens is 288 g/mol. The summed E-state index contributed by atoms with van der Waals surface area (Å²) in [4.78, 5) is 21.8. The standard InChI is InChI=1S/C12H13BrO4/c1-8(14)16-7-12(17-9(2)15)10-5-3-4-6-11(10)13/h3-6,12H,7H2,1-2H3/t12-/m0/s1. The second kappa shape index (κ2) is 6.39. The zero-order valence-corrected chi connectivity index (χ0v) is 11.2. The Bertz CT molecular complexity index is 417. The molecule has 1 rings (SSSR count). The Hall–Kier alpha value is -1.36. The van der Waals surface area contributed by atoms with Gasteiger partial charge in [-0.1, -0.05) is 34.1 Å². The Morgan fingerprint density at radius 2 is 1.88 bits per heavy atom. The van der Waals surface area contributed by atoms with E-state index >= 15 is 0 Å². The van der Waals surface area contributed by atoms with E-state index in [1.807, 2.05) is 18.2 Å². The van der Waals surface area contributed by atoms with E-state index in [0.717, 1.165) is 10.0 Å². The number of hydrogen-bond donors (Lipinski definition) is 0. The molecule has 0 saturated carbocycles. The Morgan fingerprint density at radius 3 is 2.41 bits per heavy atom. The van der Waals surface area contributed by atoms with Crippen molar-refractivity contribution in [2.24, 2.45) is 0 Å². The number of rotatable bonds is 4. The fourth-order valence-electron chi connectivity index (χ4n) is 1.32. The van der Waals surface area contributed by atoms with Crippen LogP contribution in [0, 0.1) is 0 Å². The summed E-state index contributed by atoms with van der Waals surface area (Å²) >= 11 is 3.36. The second-order valence-electron chi connectivity index (χ2n) is 3.42. The zero-order valence-electron chi connectivity index (χ0n) is 9.60. The molecule has 0 heterocycles. The molecular formula is C12H13BrO4. The van der Waals surface area contributed by atoms with Gasteiger partial charge in [0.05, 0.1) is 0 Å². The largest absolute Gasteiger partial charge is 0.462 e. The summed E-state index contributed by atoms with van der Waals surface area (Å²) in [6.07, 6.45) is -0.591. The van der Waals surface area contributed by atoms with Gasteiger partial charge in [-0.05, 0) is 6.07 Å². The van der Waals surface area contributed by atoms with E-state index in [1.54, 1.807) is 6.07 Å². The summed E-state index contributed by atoms with van der Waals surface area (Å²) in [6, 6.07) is 7.31. The quantitative estimate of drug-likeness (QED) is 0.802. The predicted octanol–water partition coefficient (Wildman–Crippen LogP) is 2.62. The minimum Gasteiger partial charge on any atom is -0.462 e. The highest BCUT2D eigenvalue weighted by Crippen LogP contribution is 2.26. The van der Waals surface area contributed by atoms with Crippen LogP contribution in [0.3, 0.4) is 0 Å². The van der Waals surface area contributed by atoms with Crippen LogP contribution in [0.15, 0.2) is 28.7 Å². The highest BCUT2D eigenvalue weighted by atomic mass is 79.9. The van der Waals surface area contributed by atoms with Crippen LogP contribution in [-0.2, 0) is 19.1 Å². The molecule has 0 unspecified atom stereocenters. The predicted molar refractivity (Wildman–Crippen MR) is 65.3 cm³/mol. The molecule has 0 saturated heterocycles. The van der Waals surface area contributed by atoms with Crippen LogP contribution < -0.4 is 0 Å². The lowest BCUT2D eigenvalue weighted by Gasteiger charge is -2.18. The van der Waals surface area contributed by atoms with Crippen molar-refractivity contribution in [2.75, 3.05) is 6.61 Å². The summed E-state index contributed by atoms with van der Waals surface area (Å²) < 4.78 is 10.8. The van der Waals surface area contributed by atoms with Crippen LogP contribution in [0.1, 0.15) is 25.5 Å². The molecule has 17 heavy (non-hydrogen) atoms. The van der Waals surface area contributed by atoms with Gasteiger partial charge in [0.2, 0.25) is 0 Å². The van der Waals surface area contributed by atoms with Gasteiger partial charge >= 0.3 is 11.9 Å². The van der Waals surface area contributed by atoms with Crippen molar-refractivity contribution in [1.29, 1.82) is 0 Å². The number of hydrogen-bond acceptors (Lipinski definition) is 4. The van der Waals surface area contributed by atoms with E-state index in [9.17, 15) is 9.59 Å². The molecule has 0 N–H and O–H groups in total. The fraction of sp³-hybridized carbons (Fsp3) is 0.333. The SMILES string of the molecule is CC(=O)OC[C@H](OC(C)=O)c1ccccc1Br. The van der Waals surface area contributed by atoms with Crippen molar-refractivity contribution >= 4 is 27.9 Å². The van der Waals surface area contributed by atoms with Crippen LogP contribution in [-0.4, -0.2) is 18.5 Å². The molecule has 0 bridgehead atoms. The summed E-state index contributed by atoms with van der Waals surface area (Å²) in [5.41, 5.74) is 0.768. The number of esters is 2. The van der Waals surface area contributed by atoms with Gasteiger partial charge in [-0.3, -0.25) is 9.59 Å². The minimum atomic E-state index is -0.591. The van der Waals surface area contributed by atoms with Crippen LogP contribution in [0.2, 0.25) is 0 Å². The summed E-state index contributed by atoms with van der Waals surface area (Å²) in [6.45, 7) is 2.64. The van der Waals surface area contributed by atoms with E-state index in [-0.39, 0.29) is 6.61 Å². The first-order valence-electron chi connectivity index (χ1n) is 5.05. The third kappa shape index (κ3) is 4.56. The average molecular weight is 301 g/mol. The maximum Gasteiger partial charge on any atom is 0.303 e. The highest BCUT2D eigenvalue weighted by Gasteiger charge is 2.18. The molecule has 0 aliphatic heterocycles. The maximum absolute atomic E-state index is 11.0. The topological polar surface area (TPSA) is 52.6 Å². The van der Waals surface area contributed by atoms with E-state index in [0.29, 0.717) is 0 Å². The normalized spacial score (nSPS) is 11.7. The van der Waals surface area contributed by atoms with Gasteiger partial charge in [-0.2, -0.15) is 0 Å². The van der Waals surface area contributed by atoms with E-state index in [4.69, 9.17) is 9.47 Å². The summed E-state index contributed by atoms with van der Waals surface area (Å²) in [5.74, 6) is -0.827. The van der Waals surface area contributed by atoms with Crippen molar-refractivity contribution in [3.8, 4) is 0 Å². The van der Waals surface area contributed by atoms with Gasteiger partial charge in [0.1, 0.15) is 6.61 Å². The van der Waals surface area contributed by atoms with Crippen LogP contribution in [0.5, 0.6) is 0 Å². The van der Waals surface area contributed by atoms with Crippen LogP contribution >= 0.6 is 15.9 Å². The third-order valence-corrected chi connectivity index (χ3v) is 2.72. The van der Waals surface area contributed by atoms with E-state index in [2.05, 4.69) is 15.9 Å². The summed E-state index contributed by atoms with van der Waals surface area (Å²) in [7, 11) is 0. The molecule has 0 aliphatic carbocycles. The lowest BCUT2D eigenvalue weighted by atomic mass is 10.1. The van der Waals surface area contributed by atoms with Crippen molar-refractivity contribution in [2.45, 2.75) is 20.0 Å². The number of carbonyl (C=O) groups is 2. The zero-order chi connectivity index (χ0) is 12.8. The minimum absolute atomic E-state index is 0.0114. The smallest absolute Gasteiger partial charge is 0.303 e. The maximum atomic E-state index is 11.0. The van der Waals surface area contributed by atoms with Gasteiger partial charge in [-0.15, -0.1) is 0 Å². The molecule has 0 radical (unpaired) electrons. The van der Waals surface area contributed by atoms with E-state index in [1.165, 1.54) is 13.8 Å². The number of halogens is 1. The van der Waals surface area contributed by atoms with Gasteiger partial charge in [0.25, 0.3) is 0 Å². The van der Waals surface area contributed by atoms with Crippen molar-refractivity contribution in [3.05, 3.63) is 34.3 Å². The van der Waals surface area contributed by atoms with Crippen molar-refractivity contribution < 1.29 is 19.1 Å². The molecule has 0 aliphatic rings. The molecule has 0 amide bonds. The Labute approximate surface area is 108 Å². The first-order valence-corrected chi connectivity index (χ1v) is 5.85. The van der Waals surface area contributed by atoms with E-state index < -0.39 is 18.0 Å². The van der Waals surface area contributed by atoms with Crippen LogP contribution in [0.25, 0.3) is 0 Å². The van der Waals surface area contributed by atoms with Gasteiger partial charge in [0, 0.05) is 23.9 Å². The lowest BCUT2D eigenvalue weighted by molar-refractivity contribution is -0.156. The Kier molecular flexibility index (Phi) is 5.15. The highest BCUT2D eigenvalue weighted by molar-refractivity contribution is 9.10. The average Bonchev–Trinajstić information content (AvgIpc) is 2.24. The van der Waals surface area contributed by atoms with Gasteiger partial charge in [0.15, 0.2) is 6.10 Å². The number of ether oxygens (including phenoxy) is 2.